The largest absolute Gasteiger partial charge is 0.475 e. The summed E-state index contributed by atoms with van der Waals surface area (Å²) >= 11 is 1.92. The van der Waals surface area contributed by atoms with Crippen LogP contribution in [0.25, 0.3) is 11.0 Å². The third-order valence-corrected chi connectivity index (χ3v) is 4.16. The molecule has 0 aliphatic carbocycles. The Hall–Kier alpha value is -1.46. The van der Waals surface area contributed by atoms with E-state index in [1.807, 2.05) is 30.0 Å². The maximum Gasteiger partial charge on any atom is 0.371 e. The second kappa shape index (κ2) is 6.81. The van der Waals surface area contributed by atoms with Gasteiger partial charge in [-0.05, 0) is 36.4 Å². The smallest absolute Gasteiger partial charge is 0.371 e. The summed E-state index contributed by atoms with van der Waals surface area (Å²) in [6.45, 7) is 5.10. The van der Waals surface area contributed by atoms with Gasteiger partial charge < -0.3 is 14.8 Å². The number of thioether (sulfide) groups is 1. The molecule has 1 aromatic carbocycles. The second-order valence-electron chi connectivity index (χ2n) is 4.73. The van der Waals surface area contributed by atoms with Crippen molar-refractivity contribution in [3.63, 3.8) is 0 Å². The zero-order valence-electron chi connectivity index (χ0n) is 11.7. The molecular weight excluding hydrogens is 274 g/mol. The third kappa shape index (κ3) is 3.77. The number of nitrogens with one attached hydrogen (secondary N) is 1. The molecule has 4 nitrogen and oxygen atoms in total. The molecule has 5 heteroatoms. The molecule has 2 aromatic rings. The lowest BCUT2D eigenvalue weighted by Gasteiger charge is -2.12. The van der Waals surface area contributed by atoms with Gasteiger partial charge in [0.25, 0.3) is 0 Å². The number of hydrogen-bond acceptors (Lipinski definition) is 4. The molecule has 0 bridgehead atoms. The first-order valence-corrected chi connectivity index (χ1v) is 7.82. The maximum absolute atomic E-state index is 10.9. The standard InChI is InChI=1S/C15H19NO3S/c1-3-20-9-10(2)16-8-11-4-5-13-12(6-11)7-14(19-13)15(17)18/h4-7,10,16H,3,8-9H2,1-2H3,(H,17,18). The van der Waals surface area contributed by atoms with Crippen molar-refractivity contribution in [2.45, 2.75) is 26.4 Å². The van der Waals surface area contributed by atoms with Gasteiger partial charge in [0.1, 0.15) is 5.58 Å². The van der Waals surface area contributed by atoms with Crippen LogP contribution in [0.5, 0.6) is 0 Å². The summed E-state index contributed by atoms with van der Waals surface area (Å²) in [5.74, 6) is 1.17. The highest BCUT2D eigenvalue weighted by Gasteiger charge is 2.10. The van der Waals surface area contributed by atoms with E-state index in [0.717, 1.165) is 29.0 Å². The summed E-state index contributed by atoms with van der Waals surface area (Å²) in [4.78, 5) is 10.9. The Bertz CT molecular complexity index is 594. The van der Waals surface area contributed by atoms with Crippen molar-refractivity contribution in [3.8, 4) is 0 Å². The number of carboxylic acids is 1. The SMILES string of the molecule is CCSCC(C)NCc1ccc2oc(C(=O)O)cc2c1. The van der Waals surface area contributed by atoms with E-state index in [9.17, 15) is 4.79 Å². The second-order valence-corrected chi connectivity index (χ2v) is 6.05. The van der Waals surface area contributed by atoms with Crippen molar-refractivity contribution in [3.05, 3.63) is 35.6 Å². The predicted octanol–water partition coefficient (Wildman–Crippen LogP) is 3.36. The Balaban J connectivity index is 2.02. The molecule has 1 aromatic heterocycles. The Morgan fingerprint density at radius 1 is 1.45 bits per heavy atom. The Kier molecular flexibility index (Phi) is 5.09. The van der Waals surface area contributed by atoms with E-state index in [1.165, 1.54) is 0 Å². The van der Waals surface area contributed by atoms with E-state index in [0.29, 0.717) is 11.6 Å². The summed E-state index contributed by atoms with van der Waals surface area (Å²) in [5.41, 5.74) is 1.74. The van der Waals surface area contributed by atoms with Crippen LogP contribution >= 0.6 is 11.8 Å². The Labute approximate surface area is 122 Å². The summed E-state index contributed by atoms with van der Waals surface area (Å²) in [6.07, 6.45) is 0. The Morgan fingerprint density at radius 2 is 2.25 bits per heavy atom. The summed E-state index contributed by atoms with van der Waals surface area (Å²) in [7, 11) is 0. The highest BCUT2D eigenvalue weighted by Crippen LogP contribution is 2.21. The molecule has 0 saturated carbocycles. The molecule has 0 fully saturated rings. The normalized spacial score (nSPS) is 12.7. The molecule has 0 radical (unpaired) electrons. The first-order valence-electron chi connectivity index (χ1n) is 6.67. The number of carbonyl (C=O) groups is 1. The number of furan rings is 1. The van der Waals surface area contributed by atoms with Crippen LogP contribution in [-0.4, -0.2) is 28.6 Å². The number of rotatable bonds is 7. The summed E-state index contributed by atoms with van der Waals surface area (Å²) in [5, 5.41) is 13.2. The molecular formula is C15H19NO3S. The van der Waals surface area contributed by atoms with Gasteiger partial charge in [0, 0.05) is 23.7 Å². The number of carboxylic acid groups (broad SMARTS) is 1. The fourth-order valence-electron chi connectivity index (χ4n) is 1.95. The van der Waals surface area contributed by atoms with Gasteiger partial charge in [0.05, 0.1) is 0 Å². The minimum atomic E-state index is -1.04. The van der Waals surface area contributed by atoms with Gasteiger partial charge in [-0.15, -0.1) is 0 Å². The fraction of sp³-hybridized carbons (Fsp3) is 0.400. The van der Waals surface area contributed by atoms with Gasteiger partial charge in [0.15, 0.2) is 0 Å². The van der Waals surface area contributed by atoms with Gasteiger partial charge >= 0.3 is 5.97 Å². The van der Waals surface area contributed by atoms with Crippen molar-refractivity contribution in [2.75, 3.05) is 11.5 Å². The molecule has 0 saturated heterocycles. The van der Waals surface area contributed by atoms with Crippen LogP contribution in [0.1, 0.15) is 30.0 Å². The number of fused-ring (bicyclic) bond motifs is 1. The van der Waals surface area contributed by atoms with Gasteiger partial charge in [-0.3, -0.25) is 0 Å². The molecule has 20 heavy (non-hydrogen) atoms. The molecule has 0 spiro atoms. The Morgan fingerprint density at radius 3 is 2.95 bits per heavy atom. The monoisotopic (exact) mass is 293 g/mol. The van der Waals surface area contributed by atoms with E-state index >= 15 is 0 Å². The lowest BCUT2D eigenvalue weighted by atomic mass is 10.1. The first-order chi connectivity index (χ1) is 9.60. The zero-order valence-corrected chi connectivity index (χ0v) is 12.5. The van der Waals surface area contributed by atoms with Gasteiger partial charge in [0.2, 0.25) is 5.76 Å². The van der Waals surface area contributed by atoms with Crippen LogP contribution in [-0.2, 0) is 6.54 Å². The van der Waals surface area contributed by atoms with Gasteiger partial charge in [-0.2, -0.15) is 11.8 Å². The molecule has 0 aliphatic rings. The lowest BCUT2D eigenvalue weighted by Crippen LogP contribution is -2.27. The van der Waals surface area contributed by atoms with Crippen molar-refractivity contribution in [2.24, 2.45) is 0 Å². The molecule has 2 N–H and O–H groups in total. The molecule has 0 amide bonds. The minimum absolute atomic E-state index is 0.0159. The molecule has 0 aliphatic heterocycles. The van der Waals surface area contributed by atoms with Gasteiger partial charge in [-0.1, -0.05) is 13.0 Å². The molecule has 2 rings (SSSR count). The maximum atomic E-state index is 10.9. The highest BCUT2D eigenvalue weighted by atomic mass is 32.2. The van der Waals surface area contributed by atoms with E-state index < -0.39 is 5.97 Å². The third-order valence-electron chi connectivity index (χ3n) is 3.02. The van der Waals surface area contributed by atoms with E-state index in [-0.39, 0.29) is 5.76 Å². The van der Waals surface area contributed by atoms with Crippen LogP contribution in [0.2, 0.25) is 0 Å². The zero-order chi connectivity index (χ0) is 14.5. The average Bonchev–Trinajstić information content (AvgIpc) is 2.86. The van der Waals surface area contributed by atoms with Crippen LogP contribution < -0.4 is 5.32 Å². The van der Waals surface area contributed by atoms with E-state index in [4.69, 9.17) is 9.52 Å². The number of hydrogen-bond donors (Lipinski definition) is 2. The van der Waals surface area contributed by atoms with Crippen LogP contribution in [0.15, 0.2) is 28.7 Å². The van der Waals surface area contributed by atoms with Crippen molar-refractivity contribution in [1.82, 2.24) is 5.32 Å². The van der Waals surface area contributed by atoms with E-state index in [1.54, 1.807) is 6.07 Å². The molecule has 1 unspecified atom stereocenters. The van der Waals surface area contributed by atoms with Crippen LogP contribution in [0.3, 0.4) is 0 Å². The van der Waals surface area contributed by atoms with Crippen molar-refractivity contribution < 1.29 is 14.3 Å². The fourth-order valence-corrected chi connectivity index (χ4v) is 2.66. The molecule has 1 atom stereocenters. The lowest BCUT2D eigenvalue weighted by molar-refractivity contribution is 0.0665. The summed E-state index contributed by atoms with van der Waals surface area (Å²) < 4.78 is 5.24. The number of aromatic carboxylic acids is 1. The molecule has 108 valence electrons. The minimum Gasteiger partial charge on any atom is -0.475 e. The van der Waals surface area contributed by atoms with Gasteiger partial charge in [-0.25, -0.2) is 4.79 Å². The summed E-state index contributed by atoms with van der Waals surface area (Å²) in [6, 6.07) is 7.78. The predicted molar refractivity (Wildman–Crippen MR) is 82.5 cm³/mol. The molecule has 1 heterocycles. The van der Waals surface area contributed by atoms with E-state index in [2.05, 4.69) is 19.2 Å². The number of benzene rings is 1. The first kappa shape index (κ1) is 14.9. The van der Waals surface area contributed by atoms with Crippen LogP contribution in [0, 0.1) is 0 Å². The van der Waals surface area contributed by atoms with Crippen molar-refractivity contribution >= 4 is 28.7 Å². The van der Waals surface area contributed by atoms with Crippen molar-refractivity contribution in [1.29, 1.82) is 0 Å². The average molecular weight is 293 g/mol. The topological polar surface area (TPSA) is 62.5 Å². The quantitative estimate of drug-likeness (QED) is 0.819. The highest BCUT2D eigenvalue weighted by molar-refractivity contribution is 7.99. The van der Waals surface area contributed by atoms with Crippen LogP contribution in [0.4, 0.5) is 0 Å².